The molecule has 0 saturated carbocycles. The topological polar surface area (TPSA) is 52.6 Å². The van der Waals surface area contributed by atoms with Gasteiger partial charge in [-0.3, -0.25) is 0 Å². The van der Waals surface area contributed by atoms with Gasteiger partial charge in [-0.05, 0) is 18.7 Å². The van der Waals surface area contributed by atoms with Crippen molar-refractivity contribution in [1.82, 2.24) is 0 Å². The molecule has 18 heavy (non-hydrogen) atoms. The van der Waals surface area contributed by atoms with E-state index in [9.17, 15) is 9.59 Å². The van der Waals surface area contributed by atoms with E-state index in [0.717, 1.165) is 28.4 Å². The summed E-state index contributed by atoms with van der Waals surface area (Å²) in [6, 6.07) is 0. The monoisotopic (exact) mass is 308 g/mol. The van der Waals surface area contributed by atoms with Crippen LogP contribution in [-0.2, 0) is 14.3 Å². The highest BCUT2D eigenvalue weighted by atomic mass is 32.2. The molecule has 0 aromatic heterocycles. The molecule has 7 heteroatoms. The van der Waals surface area contributed by atoms with Crippen LogP contribution >= 0.6 is 35.3 Å². The Kier molecular flexibility index (Phi) is 7.69. The van der Waals surface area contributed by atoms with Crippen molar-refractivity contribution in [3.8, 4) is 0 Å². The SMILES string of the molecule is C=C(C)C(=O)OCCSC(=O)OC1CSCSC1. The van der Waals surface area contributed by atoms with E-state index in [1.807, 2.05) is 0 Å². The quantitative estimate of drug-likeness (QED) is 0.440. The van der Waals surface area contributed by atoms with Gasteiger partial charge in [-0.2, -0.15) is 0 Å². The summed E-state index contributed by atoms with van der Waals surface area (Å²) in [7, 11) is 0. The Morgan fingerprint density at radius 1 is 1.39 bits per heavy atom. The van der Waals surface area contributed by atoms with Crippen molar-refractivity contribution in [2.75, 3.05) is 29.0 Å². The van der Waals surface area contributed by atoms with Crippen LogP contribution in [-0.4, -0.2) is 46.3 Å². The molecule has 1 aliphatic rings. The summed E-state index contributed by atoms with van der Waals surface area (Å²) in [6.07, 6.45) is 0.00622. The molecule has 0 aromatic rings. The summed E-state index contributed by atoms with van der Waals surface area (Å²) < 4.78 is 10.1. The van der Waals surface area contributed by atoms with Crippen molar-refractivity contribution in [3.63, 3.8) is 0 Å². The Morgan fingerprint density at radius 3 is 2.67 bits per heavy atom. The predicted octanol–water partition coefficient (Wildman–Crippen LogP) is 2.78. The van der Waals surface area contributed by atoms with Crippen LogP contribution in [0.1, 0.15) is 6.92 Å². The molecule has 0 amide bonds. The average Bonchev–Trinajstić information content (AvgIpc) is 2.35. The number of thioether (sulfide) groups is 3. The van der Waals surface area contributed by atoms with Crippen LogP contribution in [0.2, 0.25) is 0 Å². The summed E-state index contributed by atoms with van der Waals surface area (Å²) in [5.41, 5.74) is 0.360. The van der Waals surface area contributed by atoms with E-state index in [1.165, 1.54) is 0 Å². The van der Waals surface area contributed by atoms with Gasteiger partial charge in [0.2, 0.25) is 0 Å². The molecule has 4 nitrogen and oxygen atoms in total. The molecular formula is C11H16O4S3. The Labute approximate surface area is 120 Å². The Hall–Kier alpha value is -0.270. The van der Waals surface area contributed by atoms with Crippen LogP contribution in [0.15, 0.2) is 12.2 Å². The van der Waals surface area contributed by atoms with Gasteiger partial charge in [0.05, 0.1) is 0 Å². The molecule has 0 atom stereocenters. The maximum absolute atomic E-state index is 11.5. The van der Waals surface area contributed by atoms with Crippen LogP contribution in [0.4, 0.5) is 4.79 Å². The van der Waals surface area contributed by atoms with Gasteiger partial charge >= 0.3 is 11.3 Å². The minimum absolute atomic E-state index is 0.00622. The minimum Gasteiger partial charge on any atom is -0.461 e. The number of carbonyl (C=O) groups is 2. The number of ether oxygens (including phenoxy) is 2. The highest BCUT2D eigenvalue weighted by Crippen LogP contribution is 2.24. The minimum atomic E-state index is -0.427. The van der Waals surface area contributed by atoms with Crippen LogP contribution in [0, 0.1) is 0 Å². The fraction of sp³-hybridized carbons (Fsp3) is 0.636. The van der Waals surface area contributed by atoms with Crippen LogP contribution in [0.5, 0.6) is 0 Å². The molecule has 1 saturated heterocycles. The van der Waals surface area contributed by atoms with E-state index in [0.29, 0.717) is 11.3 Å². The molecule has 1 aliphatic heterocycles. The van der Waals surface area contributed by atoms with Crippen LogP contribution in [0.25, 0.3) is 0 Å². The molecule has 1 fully saturated rings. The molecule has 1 rings (SSSR count). The molecule has 0 unspecified atom stereocenters. The summed E-state index contributed by atoms with van der Waals surface area (Å²) in [5.74, 6) is 1.71. The molecule has 0 N–H and O–H groups in total. The molecule has 0 spiro atoms. The van der Waals surface area contributed by atoms with Gasteiger partial charge < -0.3 is 9.47 Å². The first-order chi connectivity index (χ1) is 8.59. The maximum Gasteiger partial charge on any atom is 0.367 e. The predicted molar refractivity (Wildman–Crippen MR) is 78.3 cm³/mol. The van der Waals surface area contributed by atoms with Crippen molar-refractivity contribution in [2.45, 2.75) is 13.0 Å². The lowest BCUT2D eigenvalue weighted by Gasteiger charge is -2.20. The maximum atomic E-state index is 11.5. The van der Waals surface area contributed by atoms with Crippen molar-refractivity contribution < 1.29 is 19.1 Å². The molecule has 0 bridgehead atoms. The second-order valence-corrected chi connectivity index (χ2v) is 7.07. The van der Waals surface area contributed by atoms with E-state index in [2.05, 4.69) is 6.58 Å². The fourth-order valence-corrected chi connectivity index (χ4v) is 3.91. The van der Waals surface area contributed by atoms with Gasteiger partial charge in [-0.25, -0.2) is 9.59 Å². The lowest BCUT2D eigenvalue weighted by Crippen LogP contribution is -2.24. The Balaban J connectivity index is 2.06. The molecule has 0 aromatic carbocycles. The number of esters is 1. The second-order valence-electron chi connectivity index (χ2n) is 3.61. The van der Waals surface area contributed by atoms with Crippen molar-refractivity contribution >= 4 is 46.6 Å². The van der Waals surface area contributed by atoms with Crippen LogP contribution < -0.4 is 0 Å². The van der Waals surface area contributed by atoms with Gasteiger partial charge in [0.1, 0.15) is 12.7 Å². The summed E-state index contributed by atoms with van der Waals surface area (Å²) in [5, 5.41) is 0.771. The molecular weight excluding hydrogens is 292 g/mol. The zero-order chi connectivity index (χ0) is 13.4. The van der Waals surface area contributed by atoms with Gasteiger partial charge in [0, 0.05) is 27.9 Å². The number of hydrogen-bond donors (Lipinski definition) is 0. The van der Waals surface area contributed by atoms with Gasteiger partial charge in [0.25, 0.3) is 0 Å². The number of carbonyl (C=O) groups excluding carboxylic acids is 2. The number of hydrogen-bond acceptors (Lipinski definition) is 7. The summed E-state index contributed by atoms with van der Waals surface area (Å²) in [6.45, 7) is 5.25. The van der Waals surface area contributed by atoms with E-state index < -0.39 is 5.97 Å². The first-order valence-electron chi connectivity index (χ1n) is 5.41. The summed E-state index contributed by atoms with van der Waals surface area (Å²) >= 11 is 4.59. The Bertz CT molecular complexity index is 313. The smallest absolute Gasteiger partial charge is 0.367 e. The fourth-order valence-electron chi connectivity index (χ4n) is 1.09. The van der Waals surface area contributed by atoms with Crippen molar-refractivity contribution in [3.05, 3.63) is 12.2 Å². The highest BCUT2D eigenvalue weighted by Gasteiger charge is 2.18. The second kappa shape index (κ2) is 8.77. The summed E-state index contributed by atoms with van der Waals surface area (Å²) in [4.78, 5) is 22.5. The first kappa shape index (κ1) is 15.8. The lowest BCUT2D eigenvalue weighted by atomic mass is 10.4. The van der Waals surface area contributed by atoms with Gasteiger partial charge in [-0.15, -0.1) is 23.5 Å². The zero-order valence-corrected chi connectivity index (χ0v) is 12.6. The normalized spacial score (nSPS) is 16.1. The molecule has 0 radical (unpaired) electrons. The Morgan fingerprint density at radius 2 is 2.06 bits per heavy atom. The standard InChI is InChI=1S/C11H16O4S3/c1-8(2)10(12)14-3-4-18-11(13)15-9-5-16-7-17-6-9/h9H,1,3-7H2,2H3. The molecule has 102 valence electrons. The number of rotatable bonds is 5. The van der Waals surface area contributed by atoms with Crippen molar-refractivity contribution in [1.29, 1.82) is 0 Å². The van der Waals surface area contributed by atoms with Crippen molar-refractivity contribution in [2.24, 2.45) is 0 Å². The van der Waals surface area contributed by atoms with Gasteiger partial charge in [0.15, 0.2) is 0 Å². The van der Waals surface area contributed by atoms with E-state index in [1.54, 1.807) is 30.4 Å². The molecule has 1 heterocycles. The third kappa shape index (κ3) is 6.61. The van der Waals surface area contributed by atoms with E-state index >= 15 is 0 Å². The van der Waals surface area contributed by atoms with E-state index in [4.69, 9.17) is 9.47 Å². The van der Waals surface area contributed by atoms with Crippen LogP contribution in [0.3, 0.4) is 0 Å². The van der Waals surface area contributed by atoms with E-state index in [-0.39, 0.29) is 18.0 Å². The third-order valence-electron chi connectivity index (χ3n) is 1.92. The zero-order valence-electron chi connectivity index (χ0n) is 10.2. The largest absolute Gasteiger partial charge is 0.461 e. The average molecular weight is 308 g/mol. The third-order valence-corrected chi connectivity index (χ3v) is 5.17. The lowest BCUT2D eigenvalue weighted by molar-refractivity contribution is -0.138. The first-order valence-corrected chi connectivity index (χ1v) is 8.70. The highest BCUT2D eigenvalue weighted by molar-refractivity contribution is 8.16. The molecule has 0 aliphatic carbocycles. The van der Waals surface area contributed by atoms with Gasteiger partial charge in [-0.1, -0.05) is 6.58 Å².